The van der Waals surface area contributed by atoms with E-state index in [1.54, 1.807) is 23.1 Å². The third-order valence-corrected chi connectivity index (χ3v) is 8.13. The number of alkyl halides is 3. The molecule has 1 saturated carbocycles. The van der Waals surface area contributed by atoms with E-state index in [4.69, 9.17) is 22.2 Å². The van der Waals surface area contributed by atoms with E-state index in [1.165, 1.54) is 24.9 Å². The molecule has 3 aliphatic rings. The Bertz CT molecular complexity index is 1340. The molecule has 12 heteroatoms. The van der Waals surface area contributed by atoms with Crippen LogP contribution in [0.2, 0.25) is 0 Å². The number of carbonyl (C=O) groups excluding carboxylic acids is 2. The third-order valence-electron chi connectivity index (χ3n) is 6.66. The Morgan fingerprint density at radius 2 is 1.97 bits per heavy atom. The van der Waals surface area contributed by atoms with Gasteiger partial charge in [0, 0.05) is 18.5 Å². The summed E-state index contributed by atoms with van der Waals surface area (Å²) in [5.74, 6) is 0.315. The summed E-state index contributed by atoms with van der Waals surface area (Å²) in [5.41, 5.74) is -2.04. The minimum absolute atomic E-state index is 0.0332. The van der Waals surface area contributed by atoms with Gasteiger partial charge in [-0.2, -0.15) is 18.4 Å². The number of amides is 2. The number of nitrogens with zero attached hydrogens (tertiary/aromatic N) is 3. The number of nitriles is 1. The molecular formula is C24H19F3N4O3S2. The predicted octanol–water partition coefficient (Wildman–Crippen LogP) is 4.24. The van der Waals surface area contributed by atoms with Crippen LogP contribution in [0.5, 0.6) is 5.75 Å². The average molecular weight is 533 g/mol. The summed E-state index contributed by atoms with van der Waals surface area (Å²) in [4.78, 5) is 29.2. The van der Waals surface area contributed by atoms with Crippen LogP contribution >= 0.6 is 24.0 Å². The normalized spacial score (nSPS) is 20.5. The largest absolute Gasteiger partial charge is 0.479 e. The van der Waals surface area contributed by atoms with Crippen LogP contribution in [0.25, 0.3) is 0 Å². The molecule has 1 aliphatic carbocycles. The van der Waals surface area contributed by atoms with Crippen LogP contribution in [0.1, 0.15) is 30.4 Å². The van der Waals surface area contributed by atoms with Crippen molar-refractivity contribution in [1.82, 2.24) is 5.32 Å². The monoisotopic (exact) mass is 532 g/mol. The van der Waals surface area contributed by atoms with Crippen LogP contribution < -0.4 is 19.9 Å². The van der Waals surface area contributed by atoms with Gasteiger partial charge < -0.3 is 15.0 Å². The van der Waals surface area contributed by atoms with E-state index in [2.05, 4.69) is 5.32 Å². The number of thioether (sulfide) groups is 1. The highest BCUT2D eigenvalue weighted by Gasteiger charge is 2.59. The van der Waals surface area contributed by atoms with Crippen LogP contribution in [0, 0.1) is 11.3 Å². The van der Waals surface area contributed by atoms with Gasteiger partial charge in [0.2, 0.25) is 0 Å². The summed E-state index contributed by atoms with van der Waals surface area (Å²) in [7, 11) is 1.54. The van der Waals surface area contributed by atoms with E-state index in [1.807, 2.05) is 6.07 Å². The van der Waals surface area contributed by atoms with Crippen molar-refractivity contribution in [1.29, 1.82) is 5.26 Å². The first-order valence-corrected chi connectivity index (χ1v) is 12.5. The molecule has 2 fully saturated rings. The molecule has 5 rings (SSSR count). The van der Waals surface area contributed by atoms with Gasteiger partial charge in [-0.1, -0.05) is 0 Å². The standard InChI is InChI=1S/C24H19F3N4O3S2/c1-29-20(32)18-12-36-19-10-15(5-6-17(19)34-18)31-22(35)30(21(33)23(31)7-2-8-23)14-4-3-13(11-28)16(9-14)24(25,26)27/h3-6,9-10,18H,2,7-8,12H2,1H3,(H,29,32). The fraction of sp³-hybridized carbons (Fsp3) is 0.333. The molecule has 7 nitrogen and oxygen atoms in total. The van der Waals surface area contributed by atoms with Gasteiger partial charge in [-0.05, 0) is 67.9 Å². The lowest BCUT2D eigenvalue weighted by molar-refractivity contribution is -0.137. The van der Waals surface area contributed by atoms with E-state index in [0.717, 1.165) is 28.3 Å². The van der Waals surface area contributed by atoms with Crippen LogP contribution in [-0.2, 0) is 15.8 Å². The number of rotatable bonds is 3. The van der Waals surface area contributed by atoms with Gasteiger partial charge in [0.1, 0.15) is 11.3 Å². The van der Waals surface area contributed by atoms with Gasteiger partial charge in [0.25, 0.3) is 11.8 Å². The quantitative estimate of drug-likeness (QED) is 0.592. The van der Waals surface area contributed by atoms with Gasteiger partial charge in [0.05, 0.1) is 27.8 Å². The van der Waals surface area contributed by atoms with Crippen molar-refractivity contribution < 1.29 is 27.5 Å². The highest BCUT2D eigenvalue weighted by molar-refractivity contribution is 7.99. The number of halogens is 3. The van der Waals surface area contributed by atoms with Crippen molar-refractivity contribution in [3.8, 4) is 11.8 Å². The minimum Gasteiger partial charge on any atom is -0.479 e. The zero-order valence-corrected chi connectivity index (χ0v) is 20.5. The second-order valence-electron chi connectivity index (χ2n) is 8.65. The first kappa shape index (κ1) is 24.4. The highest BCUT2D eigenvalue weighted by atomic mass is 32.2. The number of hydrogen-bond acceptors (Lipinski definition) is 6. The van der Waals surface area contributed by atoms with Gasteiger partial charge in [-0.3, -0.25) is 14.5 Å². The molecule has 0 bridgehead atoms. The number of anilines is 2. The zero-order chi connectivity index (χ0) is 25.8. The van der Waals surface area contributed by atoms with E-state index >= 15 is 0 Å². The summed E-state index contributed by atoms with van der Waals surface area (Å²) >= 11 is 7.10. The molecule has 1 spiro atoms. The number of hydrogen-bond donors (Lipinski definition) is 1. The molecular weight excluding hydrogens is 513 g/mol. The first-order chi connectivity index (χ1) is 17.1. The summed E-state index contributed by atoms with van der Waals surface area (Å²) < 4.78 is 46.6. The van der Waals surface area contributed by atoms with Gasteiger partial charge in [0.15, 0.2) is 11.2 Å². The van der Waals surface area contributed by atoms with Gasteiger partial charge in [-0.15, -0.1) is 11.8 Å². The molecule has 2 amide bonds. The van der Waals surface area contributed by atoms with E-state index in [9.17, 15) is 22.8 Å². The maximum Gasteiger partial charge on any atom is 0.417 e. The number of nitrogens with one attached hydrogen (secondary N) is 1. The molecule has 2 heterocycles. The van der Waals surface area contributed by atoms with Crippen molar-refractivity contribution in [3.63, 3.8) is 0 Å². The van der Waals surface area contributed by atoms with E-state index < -0.39 is 34.9 Å². The van der Waals surface area contributed by atoms with Crippen LogP contribution in [0.3, 0.4) is 0 Å². The molecule has 2 aromatic rings. The van der Waals surface area contributed by atoms with Gasteiger partial charge in [-0.25, -0.2) is 0 Å². The summed E-state index contributed by atoms with van der Waals surface area (Å²) in [5, 5.41) is 11.8. The maximum atomic E-state index is 13.6. The number of carbonyl (C=O) groups is 2. The molecule has 1 atom stereocenters. The topological polar surface area (TPSA) is 85.7 Å². The maximum absolute atomic E-state index is 13.6. The lowest BCUT2D eigenvalue weighted by Crippen LogP contribution is -2.55. The molecule has 0 aromatic heterocycles. The Kier molecular flexibility index (Phi) is 5.88. The van der Waals surface area contributed by atoms with Crippen LogP contribution in [0.15, 0.2) is 41.3 Å². The molecule has 186 valence electrons. The Morgan fingerprint density at radius 3 is 2.58 bits per heavy atom. The third kappa shape index (κ3) is 3.69. The Balaban J connectivity index is 1.52. The zero-order valence-electron chi connectivity index (χ0n) is 18.9. The van der Waals surface area contributed by atoms with Gasteiger partial charge >= 0.3 is 6.18 Å². The Morgan fingerprint density at radius 1 is 1.25 bits per heavy atom. The number of likely N-dealkylation sites (N-methyl/N-ethyl adjacent to an activating group) is 1. The van der Waals surface area contributed by atoms with Crippen molar-refractivity contribution in [2.75, 3.05) is 22.6 Å². The molecule has 0 radical (unpaired) electrons. The van der Waals surface area contributed by atoms with Crippen molar-refractivity contribution in [2.24, 2.45) is 0 Å². The second kappa shape index (κ2) is 8.67. The molecule has 1 N–H and O–H groups in total. The SMILES string of the molecule is CNC(=O)C1CSc2cc(N3C(=S)N(c4ccc(C#N)c(C(F)(F)F)c4)C(=O)C34CCC4)ccc2O1. The summed E-state index contributed by atoms with van der Waals surface area (Å²) in [6, 6.07) is 9.98. The molecule has 1 unspecified atom stereocenters. The number of ether oxygens (including phenoxy) is 1. The first-order valence-electron chi connectivity index (χ1n) is 11.1. The lowest BCUT2D eigenvalue weighted by atomic mass is 9.75. The lowest BCUT2D eigenvalue weighted by Gasteiger charge is -2.43. The van der Waals surface area contributed by atoms with Crippen molar-refractivity contribution in [2.45, 2.75) is 42.0 Å². The van der Waals surface area contributed by atoms with Crippen LogP contribution in [0.4, 0.5) is 24.5 Å². The summed E-state index contributed by atoms with van der Waals surface area (Å²) in [6.07, 6.45) is -3.60. The predicted molar refractivity (Wildman–Crippen MR) is 131 cm³/mol. The van der Waals surface area contributed by atoms with Crippen LogP contribution in [-0.4, -0.2) is 41.4 Å². The fourth-order valence-electron chi connectivity index (χ4n) is 4.70. The van der Waals surface area contributed by atoms with E-state index in [-0.39, 0.29) is 16.7 Å². The minimum atomic E-state index is -4.76. The molecule has 36 heavy (non-hydrogen) atoms. The smallest absolute Gasteiger partial charge is 0.417 e. The number of benzene rings is 2. The number of thiocarbonyl (C=S) groups is 1. The highest BCUT2D eigenvalue weighted by Crippen LogP contribution is 2.50. The summed E-state index contributed by atoms with van der Waals surface area (Å²) in [6.45, 7) is 0. The molecule has 2 aromatic carbocycles. The Labute approximate surface area is 214 Å². The van der Waals surface area contributed by atoms with Crippen molar-refractivity contribution >= 4 is 52.3 Å². The van der Waals surface area contributed by atoms with E-state index in [0.29, 0.717) is 30.0 Å². The fourth-order valence-corrected chi connectivity index (χ4v) is 6.18. The Hall–Kier alpha value is -3.30. The molecule has 1 saturated heterocycles. The van der Waals surface area contributed by atoms with Crippen molar-refractivity contribution in [3.05, 3.63) is 47.5 Å². The average Bonchev–Trinajstić information content (AvgIpc) is 3.08. The number of fused-ring (bicyclic) bond motifs is 1. The molecule has 2 aliphatic heterocycles. The second-order valence-corrected chi connectivity index (χ2v) is 10.1.